The zero-order valence-electron chi connectivity index (χ0n) is 26.6. The van der Waals surface area contributed by atoms with Crippen molar-refractivity contribution in [3.8, 4) is 22.6 Å². The highest BCUT2D eigenvalue weighted by molar-refractivity contribution is 5.86. The van der Waals surface area contributed by atoms with Crippen molar-refractivity contribution in [2.24, 2.45) is 11.8 Å². The highest BCUT2D eigenvalue weighted by atomic mass is 16.6. The minimum atomic E-state index is -1.05. The number of methoxy groups -OCH3 is 1. The van der Waals surface area contributed by atoms with E-state index < -0.39 is 29.9 Å². The Kier molecular flexibility index (Phi) is 12.4. The molecule has 0 saturated heterocycles. The van der Waals surface area contributed by atoms with Crippen LogP contribution in [0.3, 0.4) is 0 Å². The Morgan fingerprint density at radius 3 is 1.93 bits per heavy atom. The first-order valence-electron chi connectivity index (χ1n) is 15.5. The second kappa shape index (κ2) is 16.8. The first-order chi connectivity index (χ1) is 22.2. The summed E-state index contributed by atoms with van der Waals surface area (Å²) < 4.78 is 11.1. The third-order valence-corrected chi connectivity index (χ3v) is 7.65. The number of ether oxygens (including phenoxy) is 2. The molecule has 0 saturated carbocycles. The summed E-state index contributed by atoms with van der Waals surface area (Å²) in [4.78, 5) is 41.2. The molecule has 0 radical (unpaired) electrons. The van der Waals surface area contributed by atoms with Crippen LogP contribution in [0.2, 0.25) is 0 Å². The monoisotopic (exact) mass is 622 g/mol. The first kappa shape index (κ1) is 33.8. The second-order valence-corrected chi connectivity index (χ2v) is 11.7. The van der Waals surface area contributed by atoms with Crippen molar-refractivity contribution in [2.75, 3.05) is 20.2 Å². The molecule has 2 atom stereocenters. The SMILES string of the molecule is COc1ccccc1OC(=O)[C@H](Cc1ccc(-c2ccccc2)cc1)NC(=O)N(CC(C)C)CC(CCc1ccccc1)C(=O)O. The van der Waals surface area contributed by atoms with Crippen molar-refractivity contribution < 1.29 is 29.0 Å². The third kappa shape index (κ3) is 9.95. The van der Waals surface area contributed by atoms with Crippen LogP contribution in [-0.4, -0.2) is 54.2 Å². The predicted molar refractivity (Wildman–Crippen MR) is 179 cm³/mol. The molecule has 2 amide bonds. The molecule has 1 unspecified atom stereocenters. The number of aryl methyl sites for hydroxylation is 1. The van der Waals surface area contributed by atoms with Gasteiger partial charge in [-0.1, -0.05) is 111 Å². The Hall–Kier alpha value is -5.11. The molecule has 0 aromatic heterocycles. The van der Waals surface area contributed by atoms with Gasteiger partial charge in [-0.3, -0.25) is 4.79 Å². The average Bonchev–Trinajstić information content (AvgIpc) is 3.06. The van der Waals surface area contributed by atoms with E-state index >= 15 is 0 Å². The zero-order chi connectivity index (χ0) is 32.9. The van der Waals surface area contributed by atoms with E-state index in [2.05, 4.69) is 5.32 Å². The van der Waals surface area contributed by atoms with Gasteiger partial charge in [-0.05, 0) is 53.1 Å². The van der Waals surface area contributed by atoms with E-state index in [1.165, 1.54) is 12.0 Å². The highest BCUT2D eigenvalue weighted by Gasteiger charge is 2.30. The Balaban J connectivity index is 1.55. The van der Waals surface area contributed by atoms with Crippen LogP contribution in [0.1, 0.15) is 31.4 Å². The molecule has 240 valence electrons. The molecule has 0 bridgehead atoms. The number of aliphatic carboxylic acids is 1. The number of hydrogen-bond donors (Lipinski definition) is 2. The number of para-hydroxylation sites is 2. The molecule has 4 rings (SSSR count). The van der Waals surface area contributed by atoms with Crippen LogP contribution in [0.4, 0.5) is 4.79 Å². The summed E-state index contributed by atoms with van der Waals surface area (Å²) in [5.41, 5.74) is 3.95. The highest BCUT2D eigenvalue weighted by Crippen LogP contribution is 2.27. The maximum Gasteiger partial charge on any atom is 0.334 e. The summed E-state index contributed by atoms with van der Waals surface area (Å²) in [6, 6.07) is 32.7. The fraction of sp³-hybridized carbons (Fsp3) is 0.289. The number of benzene rings is 4. The van der Waals surface area contributed by atoms with Crippen LogP contribution in [0.25, 0.3) is 11.1 Å². The molecule has 4 aromatic rings. The molecule has 4 aromatic carbocycles. The van der Waals surface area contributed by atoms with E-state index in [0.717, 1.165) is 22.3 Å². The number of carboxylic acids is 1. The largest absolute Gasteiger partial charge is 0.493 e. The summed E-state index contributed by atoms with van der Waals surface area (Å²) in [6.45, 7) is 4.25. The van der Waals surface area contributed by atoms with Crippen molar-refractivity contribution in [2.45, 2.75) is 39.2 Å². The molecule has 2 N–H and O–H groups in total. The Bertz CT molecular complexity index is 1560. The van der Waals surface area contributed by atoms with Crippen LogP contribution in [0, 0.1) is 11.8 Å². The van der Waals surface area contributed by atoms with E-state index in [1.807, 2.05) is 98.8 Å². The normalized spacial score (nSPS) is 12.2. The first-order valence-corrected chi connectivity index (χ1v) is 15.5. The molecule has 46 heavy (non-hydrogen) atoms. The number of urea groups is 1. The van der Waals surface area contributed by atoms with Crippen molar-refractivity contribution in [1.29, 1.82) is 0 Å². The molecule has 8 nitrogen and oxygen atoms in total. The van der Waals surface area contributed by atoms with Gasteiger partial charge in [0, 0.05) is 19.5 Å². The number of carbonyl (C=O) groups excluding carboxylic acids is 2. The van der Waals surface area contributed by atoms with Crippen molar-refractivity contribution in [1.82, 2.24) is 10.2 Å². The topological polar surface area (TPSA) is 105 Å². The van der Waals surface area contributed by atoms with Gasteiger partial charge >= 0.3 is 18.0 Å². The number of rotatable bonds is 15. The molecule has 0 aliphatic rings. The van der Waals surface area contributed by atoms with E-state index in [-0.39, 0.29) is 24.6 Å². The molecule has 0 spiro atoms. The van der Waals surface area contributed by atoms with Gasteiger partial charge < -0.3 is 24.8 Å². The smallest absolute Gasteiger partial charge is 0.334 e. The van der Waals surface area contributed by atoms with Crippen LogP contribution in [-0.2, 0) is 22.4 Å². The van der Waals surface area contributed by atoms with E-state index in [4.69, 9.17) is 9.47 Å². The van der Waals surface area contributed by atoms with Gasteiger partial charge in [0.2, 0.25) is 0 Å². The number of carbonyl (C=O) groups is 3. The molecule has 0 aliphatic carbocycles. The second-order valence-electron chi connectivity index (χ2n) is 11.7. The average molecular weight is 623 g/mol. The van der Waals surface area contributed by atoms with E-state index in [1.54, 1.807) is 24.3 Å². The van der Waals surface area contributed by atoms with Gasteiger partial charge in [0.1, 0.15) is 6.04 Å². The number of amides is 2. The quantitative estimate of drug-likeness (QED) is 0.111. The number of nitrogens with one attached hydrogen (secondary N) is 1. The van der Waals surface area contributed by atoms with Gasteiger partial charge in [-0.2, -0.15) is 0 Å². The fourth-order valence-electron chi connectivity index (χ4n) is 5.24. The summed E-state index contributed by atoms with van der Waals surface area (Å²) in [7, 11) is 1.49. The predicted octanol–water partition coefficient (Wildman–Crippen LogP) is 6.88. The van der Waals surface area contributed by atoms with E-state index in [9.17, 15) is 19.5 Å². The lowest BCUT2D eigenvalue weighted by Crippen LogP contribution is -2.52. The maximum atomic E-state index is 13.8. The number of carboxylic acid groups (broad SMARTS) is 1. The molecule has 0 heterocycles. The molecule has 0 fully saturated rings. The van der Waals surface area contributed by atoms with Crippen molar-refractivity contribution in [3.05, 3.63) is 120 Å². The van der Waals surface area contributed by atoms with Crippen LogP contribution >= 0.6 is 0 Å². The van der Waals surface area contributed by atoms with Crippen LogP contribution in [0.15, 0.2) is 109 Å². The Morgan fingerprint density at radius 2 is 1.33 bits per heavy atom. The van der Waals surface area contributed by atoms with Crippen LogP contribution < -0.4 is 14.8 Å². The maximum absolute atomic E-state index is 13.8. The molecule has 8 heteroatoms. The minimum absolute atomic E-state index is 0.00618. The lowest BCUT2D eigenvalue weighted by molar-refractivity contribution is -0.142. The van der Waals surface area contributed by atoms with Crippen LogP contribution in [0.5, 0.6) is 11.5 Å². The third-order valence-electron chi connectivity index (χ3n) is 7.65. The fourth-order valence-corrected chi connectivity index (χ4v) is 5.24. The lowest BCUT2D eigenvalue weighted by atomic mass is 9.98. The summed E-state index contributed by atoms with van der Waals surface area (Å²) in [5.74, 6) is -1.72. The number of nitrogens with zero attached hydrogens (tertiary/aromatic N) is 1. The zero-order valence-corrected chi connectivity index (χ0v) is 26.6. The van der Waals surface area contributed by atoms with Gasteiger partial charge in [-0.25, -0.2) is 9.59 Å². The number of hydrogen-bond acceptors (Lipinski definition) is 5. The lowest BCUT2D eigenvalue weighted by Gasteiger charge is -2.29. The minimum Gasteiger partial charge on any atom is -0.493 e. The standard InChI is InChI=1S/C38H42N2O6/c1-27(2)25-40(26-32(36(41)42)23-18-28-12-6-4-7-13-28)38(44)39-33(37(43)46-35-17-11-10-16-34(35)45-3)24-29-19-21-31(22-20-29)30-14-8-5-9-15-30/h4-17,19-22,27,32-33H,18,23-26H2,1-3H3,(H,39,44)(H,41,42)/t32?,33-/m0/s1. The van der Waals surface area contributed by atoms with Gasteiger partial charge in [0.15, 0.2) is 11.5 Å². The molecule has 0 aliphatic heterocycles. The summed E-state index contributed by atoms with van der Waals surface area (Å²) in [6.07, 6.45) is 1.11. The van der Waals surface area contributed by atoms with E-state index in [0.29, 0.717) is 25.1 Å². The summed E-state index contributed by atoms with van der Waals surface area (Å²) >= 11 is 0. The van der Waals surface area contributed by atoms with Crippen molar-refractivity contribution in [3.63, 3.8) is 0 Å². The van der Waals surface area contributed by atoms with Gasteiger partial charge in [-0.15, -0.1) is 0 Å². The number of esters is 1. The summed E-state index contributed by atoms with van der Waals surface area (Å²) in [5, 5.41) is 12.9. The van der Waals surface area contributed by atoms with Crippen molar-refractivity contribution >= 4 is 18.0 Å². The van der Waals surface area contributed by atoms with Gasteiger partial charge in [0.25, 0.3) is 0 Å². The van der Waals surface area contributed by atoms with Gasteiger partial charge in [0.05, 0.1) is 13.0 Å². The molecular weight excluding hydrogens is 580 g/mol. The molecular formula is C38H42N2O6. The Morgan fingerprint density at radius 1 is 0.739 bits per heavy atom. The Labute approximate surface area is 271 Å².